The van der Waals surface area contributed by atoms with Crippen molar-refractivity contribution in [3.63, 3.8) is 0 Å². The fraction of sp³-hybridized carbons (Fsp3) is 0.929. The molecule has 0 aromatic carbocycles. The topological polar surface area (TPSA) is 45.0 Å². The molecule has 1 saturated heterocycles. The van der Waals surface area contributed by atoms with Gasteiger partial charge in [0.1, 0.15) is 5.54 Å². The van der Waals surface area contributed by atoms with E-state index in [4.69, 9.17) is 4.74 Å². The summed E-state index contributed by atoms with van der Waals surface area (Å²) in [5.41, 5.74) is -0.348. The molecule has 1 heterocycles. The molecule has 0 spiro atoms. The van der Waals surface area contributed by atoms with Crippen molar-refractivity contribution in [1.29, 1.82) is 5.26 Å². The fourth-order valence-corrected chi connectivity index (χ4v) is 4.13. The Hall–Kier alpha value is -0.240. The van der Waals surface area contributed by atoms with Gasteiger partial charge in [0.25, 0.3) is 0 Å². The molecule has 2 unspecified atom stereocenters. The first-order chi connectivity index (χ1) is 8.61. The quantitative estimate of drug-likeness (QED) is 0.804. The van der Waals surface area contributed by atoms with E-state index in [2.05, 4.69) is 18.3 Å². The van der Waals surface area contributed by atoms with Crippen LogP contribution in [0, 0.1) is 11.3 Å². The van der Waals surface area contributed by atoms with Crippen molar-refractivity contribution in [3.05, 3.63) is 0 Å². The molecule has 2 atom stereocenters. The lowest BCUT2D eigenvalue weighted by atomic mass is 9.98. The van der Waals surface area contributed by atoms with Crippen molar-refractivity contribution in [3.8, 4) is 6.07 Å². The standard InChI is InChI=1S/C14H24N2OS/c1-11(18-13-5-7-17-8-6-13)9-14(2,10-15)16-12-3-4-12/h11-13,16H,3-9H2,1-2H3. The Morgan fingerprint density at radius 2 is 2.06 bits per heavy atom. The number of nitrogens with one attached hydrogen (secondary N) is 1. The Morgan fingerprint density at radius 1 is 1.39 bits per heavy atom. The van der Waals surface area contributed by atoms with Gasteiger partial charge >= 0.3 is 0 Å². The van der Waals surface area contributed by atoms with Gasteiger partial charge in [-0.2, -0.15) is 17.0 Å². The first-order valence-corrected chi connectivity index (χ1v) is 7.98. The van der Waals surface area contributed by atoms with E-state index in [9.17, 15) is 5.26 Å². The Labute approximate surface area is 115 Å². The first kappa shape index (κ1) is 14.2. The third-order valence-corrected chi connectivity index (χ3v) is 5.12. The maximum atomic E-state index is 9.37. The van der Waals surface area contributed by atoms with Crippen LogP contribution in [0.5, 0.6) is 0 Å². The van der Waals surface area contributed by atoms with Crippen LogP contribution in [0.3, 0.4) is 0 Å². The van der Waals surface area contributed by atoms with Crippen LogP contribution >= 0.6 is 11.8 Å². The third kappa shape index (κ3) is 4.46. The molecular formula is C14H24N2OS. The smallest absolute Gasteiger partial charge is 0.105 e. The first-order valence-electron chi connectivity index (χ1n) is 7.03. The molecule has 102 valence electrons. The average molecular weight is 268 g/mol. The maximum Gasteiger partial charge on any atom is 0.105 e. The molecule has 0 amide bonds. The van der Waals surface area contributed by atoms with E-state index in [1.165, 1.54) is 12.8 Å². The molecule has 1 N–H and O–H groups in total. The molecule has 18 heavy (non-hydrogen) atoms. The van der Waals surface area contributed by atoms with E-state index >= 15 is 0 Å². The van der Waals surface area contributed by atoms with Crippen molar-refractivity contribution in [2.24, 2.45) is 0 Å². The SMILES string of the molecule is CC(CC(C)(C#N)NC1CC1)SC1CCOCC1. The van der Waals surface area contributed by atoms with E-state index in [1.54, 1.807) is 0 Å². The van der Waals surface area contributed by atoms with E-state index in [1.807, 2.05) is 18.7 Å². The predicted octanol–water partition coefficient (Wildman–Crippen LogP) is 2.71. The van der Waals surface area contributed by atoms with Crippen molar-refractivity contribution in [2.45, 2.75) is 68.0 Å². The molecule has 2 rings (SSSR count). The molecular weight excluding hydrogens is 244 g/mol. The Balaban J connectivity index is 1.77. The van der Waals surface area contributed by atoms with E-state index in [0.717, 1.165) is 37.7 Å². The fourth-order valence-electron chi connectivity index (χ4n) is 2.58. The van der Waals surface area contributed by atoms with Gasteiger partial charge in [-0.15, -0.1) is 0 Å². The van der Waals surface area contributed by atoms with Crippen LogP contribution in [0.2, 0.25) is 0 Å². The number of thioether (sulfide) groups is 1. The highest BCUT2D eigenvalue weighted by Gasteiger charge is 2.34. The van der Waals surface area contributed by atoms with Gasteiger partial charge in [-0.3, -0.25) is 5.32 Å². The molecule has 1 aliphatic carbocycles. The summed E-state index contributed by atoms with van der Waals surface area (Å²) in [5, 5.41) is 14.1. The zero-order valence-electron chi connectivity index (χ0n) is 11.4. The average Bonchev–Trinajstić information content (AvgIpc) is 3.13. The van der Waals surface area contributed by atoms with Crippen LogP contribution < -0.4 is 5.32 Å². The van der Waals surface area contributed by atoms with Crippen molar-refractivity contribution >= 4 is 11.8 Å². The summed E-state index contributed by atoms with van der Waals surface area (Å²) >= 11 is 2.04. The molecule has 0 radical (unpaired) electrons. The highest BCUT2D eigenvalue weighted by molar-refractivity contribution is 8.00. The van der Waals surface area contributed by atoms with Crippen LogP contribution in [0.4, 0.5) is 0 Å². The second-order valence-electron chi connectivity index (χ2n) is 5.83. The van der Waals surface area contributed by atoms with E-state index in [-0.39, 0.29) is 5.54 Å². The second kappa shape index (κ2) is 6.27. The van der Waals surface area contributed by atoms with E-state index in [0.29, 0.717) is 11.3 Å². The van der Waals surface area contributed by atoms with Crippen LogP contribution in [-0.2, 0) is 4.74 Å². The monoisotopic (exact) mass is 268 g/mol. The molecule has 3 nitrogen and oxygen atoms in total. The molecule has 0 aromatic heterocycles. The van der Waals surface area contributed by atoms with Gasteiger partial charge in [0, 0.05) is 29.8 Å². The summed E-state index contributed by atoms with van der Waals surface area (Å²) in [7, 11) is 0. The highest BCUT2D eigenvalue weighted by Crippen LogP contribution is 2.32. The Morgan fingerprint density at radius 3 is 2.61 bits per heavy atom. The molecule has 4 heteroatoms. The minimum atomic E-state index is -0.348. The molecule has 1 saturated carbocycles. The number of hydrogen-bond donors (Lipinski definition) is 1. The normalized spacial score (nSPS) is 26.3. The summed E-state index contributed by atoms with van der Waals surface area (Å²) in [6.07, 6.45) is 5.72. The minimum Gasteiger partial charge on any atom is -0.381 e. The second-order valence-corrected chi connectivity index (χ2v) is 7.57. The molecule has 0 aromatic rings. The minimum absolute atomic E-state index is 0.348. The number of ether oxygens (including phenoxy) is 1. The van der Waals surface area contributed by atoms with Gasteiger partial charge < -0.3 is 4.74 Å². The van der Waals surface area contributed by atoms with Gasteiger partial charge in [-0.1, -0.05) is 6.92 Å². The summed E-state index contributed by atoms with van der Waals surface area (Å²) in [5.74, 6) is 0. The lowest BCUT2D eigenvalue weighted by molar-refractivity contribution is 0.0999. The Kier molecular flexibility index (Phi) is 4.94. The molecule has 0 bridgehead atoms. The molecule has 1 aliphatic heterocycles. The number of rotatable bonds is 6. The molecule has 2 fully saturated rings. The van der Waals surface area contributed by atoms with Crippen molar-refractivity contribution in [1.82, 2.24) is 5.32 Å². The summed E-state index contributed by atoms with van der Waals surface area (Å²) in [6, 6.07) is 3.06. The molecule has 2 aliphatic rings. The van der Waals surface area contributed by atoms with Crippen molar-refractivity contribution < 1.29 is 4.74 Å². The number of hydrogen-bond acceptors (Lipinski definition) is 4. The van der Waals surface area contributed by atoms with Gasteiger partial charge in [0.2, 0.25) is 0 Å². The summed E-state index contributed by atoms with van der Waals surface area (Å²) < 4.78 is 5.39. The number of nitriles is 1. The van der Waals surface area contributed by atoms with Crippen LogP contribution in [0.15, 0.2) is 0 Å². The van der Waals surface area contributed by atoms with E-state index < -0.39 is 0 Å². The maximum absolute atomic E-state index is 9.37. The summed E-state index contributed by atoms with van der Waals surface area (Å²) in [4.78, 5) is 0. The third-order valence-electron chi connectivity index (χ3n) is 3.64. The zero-order chi connectivity index (χ0) is 13.0. The van der Waals surface area contributed by atoms with Gasteiger partial charge in [-0.25, -0.2) is 0 Å². The summed E-state index contributed by atoms with van der Waals surface area (Å²) in [6.45, 7) is 6.11. The van der Waals surface area contributed by atoms with Crippen LogP contribution in [0.25, 0.3) is 0 Å². The zero-order valence-corrected chi connectivity index (χ0v) is 12.3. The lowest BCUT2D eigenvalue weighted by Gasteiger charge is -2.30. The van der Waals surface area contributed by atoms with Gasteiger partial charge in [0.05, 0.1) is 6.07 Å². The lowest BCUT2D eigenvalue weighted by Crippen LogP contribution is -2.44. The highest BCUT2D eigenvalue weighted by atomic mass is 32.2. The Bertz CT molecular complexity index is 307. The number of nitrogens with zero attached hydrogens (tertiary/aromatic N) is 1. The van der Waals surface area contributed by atoms with Gasteiger partial charge in [0.15, 0.2) is 0 Å². The van der Waals surface area contributed by atoms with Crippen LogP contribution in [-0.4, -0.2) is 35.3 Å². The van der Waals surface area contributed by atoms with Crippen LogP contribution in [0.1, 0.15) is 46.0 Å². The van der Waals surface area contributed by atoms with Crippen molar-refractivity contribution in [2.75, 3.05) is 13.2 Å². The largest absolute Gasteiger partial charge is 0.381 e. The predicted molar refractivity (Wildman–Crippen MR) is 75.7 cm³/mol. The van der Waals surface area contributed by atoms with Gasteiger partial charge in [-0.05, 0) is 39.0 Å².